The number of fused-ring (bicyclic) bond motifs is 1. The van der Waals surface area contributed by atoms with Crippen LogP contribution in [0.3, 0.4) is 0 Å². The average molecular weight is 238 g/mol. The molecule has 2 N–H and O–H groups in total. The summed E-state index contributed by atoms with van der Waals surface area (Å²) in [5, 5.41) is 4.37. The summed E-state index contributed by atoms with van der Waals surface area (Å²) < 4.78 is 0. The lowest BCUT2D eigenvalue weighted by Gasteiger charge is -2.11. The Morgan fingerprint density at radius 1 is 1.11 bits per heavy atom. The van der Waals surface area contributed by atoms with E-state index in [-0.39, 0.29) is 0 Å². The second kappa shape index (κ2) is 4.14. The fourth-order valence-corrected chi connectivity index (χ4v) is 1.99. The molecule has 0 bridgehead atoms. The van der Waals surface area contributed by atoms with Crippen molar-refractivity contribution in [2.24, 2.45) is 0 Å². The number of aromatic nitrogens is 3. The number of hydrogen-bond donors (Lipinski definition) is 2. The molecule has 0 spiro atoms. The molecule has 0 saturated carbocycles. The van der Waals surface area contributed by atoms with E-state index in [2.05, 4.69) is 46.2 Å². The molecule has 2 aromatic heterocycles. The highest BCUT2D eigenvalue weighted by molar-refractivity contribution is 5.89. The van der Waals surface area contributed by atoms with Gasteiger partial charge in [0, 0.05) is 11.9 Å². The molecule has 0 radical (unpaired) electrons. The Hall–Kier alpha value is -2.36. The molecule has 0 unspecified atom stereocenters. The number of aromatic amines is 1. The molecular formula is C14H14N4. The lowest BCUT2D eigenvalue weighted by atomic mass is 10.1. The molecule has 0 amide bonds. The van der Waals surface area contributed by atoms with Crippen LogP contribution in [-0.4, -0.2) is 15.0 Å². The SMILES string of the molecule is Cc1cccc(Nc2ncnc3[nH]ccc23)c1C. The minimum absolute atomic E-state index is 0.829. The summed E-state index contributed by atoms with van der Waals surface area (Å²) in [5.74, 6) is 0.829. The molecular weight excluding hydrogens is 224 g/mol. The van der Waals surface area contributed by atoms with Crippen LogP contribution in [0.25, 0.3) is 11.0 Å². The second-order valence-electron chi connectivity index (χ2n) is 4.33. The highest BCUT2D eigenvalue weighted by Gasteiger charge is 2.06. The molecule has 1 aromatic carbocycles. The van der Waals surface area contributed by atoms with Gasteiger partial charge in [0.05, 0.1) is 5.39 Å². The Morgan fingerprint density at radius 2 is 2.00 bits per heavy atom. The largest absolute Gasteiger partial charge is 0.346 e. The first-order chi connectivity index (χ1) is 8.75. The van der Waals surface area contributed by atoms with E-state index in [9.17, 15) is 0 Å². The Bertz CT molecular complexity index is 700. The maximum atomic E-state index is 4.30. The van der Waals surface area contributed by atoms with Gasteiger partial charge in [-0.15, -0.1) is 0 Å². The zero-order chi connectivity index (χ0) is 12.5. The lowest BCUT2D eigenvalue weighted by Crippen LogP contribution is -1.98. The van der Waals surface area contributed by atoms with Crippen molar-refractivity contribution in [3.05, 3.63) is 47.9 Å². The minimum Gasteiger partial charge on any atom is -0.346 e. The molecule has 0 atom stereocenters. The van der Waals surface area contributed by atoms with Crippen LogP contribution in [-0.2, 0) is 0 Å². The quantitative estimate of drug-likeness (QED) is 0.720. The minimum atomic E-state index is 0.829. The molecule has 0 fully saturated rings. The number of hydrogen-bond acceptors (Lipinski definition) is 3. The van der Waals surface area contributed by atoms with Gasteiger partial charge >= 0.3 is 0 Å². The predicted molar refractivity (Wildman–Crippen MR) is 73.1 cm³/mol. The van der Waals surface area contributed by atoms with Crippen molar-refractivity contribution >= 4 is 22.5 Å². The Labute approximate surface area is 105 Å². The number of benzene rings is 1. The summed E-state index contributed by atoms with van der Waals surface area (Å²) in [6, 6.07) is 8.18. The van der Waals surface area contributed by atoms with E-state index >= 15 is 0 Å². The fraction of sp³-hybridized carbons (Fsp3) is 0.143. The summed E-state index contributed by atoms with van der Waals surface area (Å²) in [5.41, 5.74) is 4.42. The lowest BCUT2D eigenvalue weighted by molar-refractivity contribution is 1.19. The van der Waals surface area contributed by atoms with Gasteiger partial charge in [0.25, 0.3) is 0 Å². The predicted octanol–water partition coefficient (Wildman–Crippen LogP) is 3.32. The highest BCUT2D eigenvalue weighted by atomic mass is 15.0. The molecule has 0 aliphatic rings. The maximum absolute atomic E-state index is 4.30. The van der Waals surface area contributed by atoms with E-state index in [1.54, 1.807) is 6.33 Å². The van der Waals surface area contributed by atoms with Gasteiger partial charge in [-0.3, -0.25) is 0 Å². The maximum Gasteiger partial charge on any atom is 0.143 e. The van der Waals surface area contributed by atoms with E-state index in [0.717, 1.165) is 22.5 Å². The molecule has 4 nitrogen and oxygen atoms in total. The van der Waals surface area contributed by atoms with Gasteiger partial charge in [-0.1, -0.05) is 12.1 Å². The van der Waals surface area contributed by atoms with Gasteiger partial charge in [-0.05, 0) is 37.1 Å². The van der Waals surface area contributed by atoms with Crippen molar-refractivity contribution in [2.45, 2.75) is 13.8 Å². The summed E-state index contributed by atoms with van der Waals surface area (Å²) in [7, 11) is 0. The monoisotopic (exact) mass is 238 g/mol. The zero-order valence-corrected chi connectivity index (χ0v) is 10.4. The van der Waals surface area contributed by atoms with Crippen molar-refractivity contribution in [1.29, 1.82) is 0 Å². The number of aryl methyl sites for hydroxylation is 1. The molecule has 90 valence electrons. The van der Waals surface area contributed by atoms with Gasteiger partial charge in [-0.25, -0.2) is 9.97 Å². The Kier molecular flexibility index (Phi) is 2.48. The zero-order valence-electron chi connectivity index (χ0n) is 10.4. The van der Waals surface area contributed by atoms with Gasteiger partial charge in [-0.2, -0.15) is 0 Å². The number of nitrogens with zero attached hydrogens (tertiary/aromatic N) is 2. The molecule has 2 heterocycles. The van der Waals surface area contributed by atoms with E-state index in [0.29, 0.717) is 0 Å². The summed E-state index contributed by atoms with van der Waals surface area (Å²) in [6.45, 7) is 4.21. The fourth-order valence-electron chi connectivity index (χ4n) is 1.99. The first-order valence-corrected chi connectivity index (χ1v) is 5.87. The van der Waals surface area contributed by atoms with Crippen molar-refractivity contribution in [1.82, 2.24) is 15.0 Å². The molecule has 0 aliphatic heterocycles. The summed E-state index contributed by atoms with van der Waals surface area (Å²) in [6.07, 6.45) is 3.43. The Balaban J connectivity index is 2.06. The Morgan fingerprint density at radius 3 is 2.89 bits per heavy atom. The van der Waals surface area contributed by atoms with Gasteiger partial charge < -0.3 is 10.3 Å². The van der Waals surface area contributed by atoms with Crippen molar-refractivity contribution < 1.29 is 0 Å². The van der Waals surface area contributed by atoms with E-state index in [1.165, 1.54) is 11.1 Å². The molecule has 3 aromatic rings. The van der Waals surface area contributed by atoms with Crippen LogP contribution >= 0.6 is 0 Å². The second-order valence-corrected chi connectivity index (χ2v) is 4.33. The average Bonchev–Trinajstić information content (AvgIpc) is 2.84. The first kappa shape index (κ1) is 10.8. The van der Waals surface area contributed by atoms with E-state index < -0.39 is 0 Å². The molecule has 18 heavy (non-hydrogen) atoms. The number of nitrogens with one attached hydrogen (secondary N) is 2. The van der Waals surface area contributed by atoms with Crippen LogP contribution in [0.4, 0.5) is 11.5 Å². The van der Waals surface area contributed by atoms with Crippen LogP contribution in [0.15, 0.2) is 36.8 Å². The van der Waals surface area contributed by atoms with Crippen LogP contribution in [0.1, 0.15) is 11.1 Å². The number of anilines is 2. The van der Waals surface area contributed by atoms with Gasteiger partial charge in [0.1, 0.15) is 17.8 Å². The van der Waals surface area contributed by atoms with Crippen molar-refractivity contribution in [2.75, 3.05) is 5.32 Å². The smallest absolute Gasteiger partial charge is 0.143 e. The summed E-state index contributed by atoms with van der Waals surface area (Å²) in [4.78, 5) is 11.6. The van der Waals surface area contributed by atoms with Gasteiger partial charge in [0.2, 0.25) is 0 Å². The molecule has 4 heteroatoms. The van der Waals surface area contributed by atoms with Crippen molar-refractivity contribution in [3.63, 3.8) is 0 Å². The topological polar surface area (TPSA) is 53.6 Å². The third-order valence-electron chi connectivity index (χ3n) is 3.21. The number of rotatable bonds is 2. The van der Waals surface area contributed by atoms with Gasteiger partial charge in [0.15, 0.2) is 0 Å². The highest BCUT2D eigenvalue weighted by Crippen LogP contribution is 2.25. The van der Waals surface area contributed by atoms with E-state index in [4.69, 9.17) is 0 Å². The third kappa shape index (κ3) is 1.72. The van der Waals surface area contributed by atoms with E-state index in [1.807, 2.05) is 18.3 Å². The standard InChI is InChI=1S/C14H14N4/c1-9-4-3-5-12(10(9)2)18-14-11-6-7-15-13(11)16-8-17-14/h3-8H,1-2H3,(H2,15,16,17,18). The molecule has 3 rings (SSSR count). The van der Waals surface area contributed by atoms with Crippen LogP contribution < -0.4 is 5.32 Å². The summed E-state index contributed by atoms with van der Waals surface area (Å²) >= 11 is 0. The molecule has 0 saturated heterocycles. The normalized spacial score (nSPS) is 10.8. The van der Waals surface area contributed by atoms with Crippen LogP contribution in [0.5, 0.6) is 0 Å². The van der Waals surface area contributed by atoms with Crippen LogP contribution in [0.2, 0.25) is 0 Å². The van der Waals surface area contributed by atoms with Crippen molar-refractivity contribution in [3.8, 4) is 0 Å². The van der Waals surface area contributed by atoms with Crippen LogP contribution in [0, 0.1) is 13.8 Å². The third-order valence-corrected chi connectivity index (χ3v) is 3.21. The number of H-pyrrole nitrogens is 1. The first-order valence-electron chi connectivity index (χ1n) is 5.87. The molecule has 0 aliphatic carbocycles.